The fourth-order valence-electron chi connectivity index (χ4n) is 1.70. The van der Waals surface area contributed by atoms with Gasteiger partial charge in [-0.15, -0.1) is 0 Å². The first kappa shape index (κ1) is 8.85. The van der Waals surface area contributed by atoms with Crippen LogP contribution in [0.2, 0.25) is 5.02 Å². The monoisotopic (exact) mass is 196 g/mol. The fourth-order valence-corrected chi connectivity index (χ4v) is 1.87. The molecule has 0 bridgehead atoms. The average molecular weight is 197 g/mol. The van der Waals surface area contributed by atoms with Crippen molar-refractivity contribution in [3.8, 4) is 0 Å². The second-order valence-corrected chi connectivity index (χ2v) is 3.85. The average Bonchev–Trinajstić information content (AvgIpc) is 2.16. The quantitative estimate of drug-likeness (QED) is 0.722. The highest BCUT2D eigenvalue weighted by Crippen LogP contribution is 2.27. The Morgan fingerprint density at radius 1 is 1.54 bits per heavy atom. The lowest BCUT2D eigenvalue weighted by atomic mass is 9.98. The maximum Gasteiger partial charge on any atom is 0.0426 e. The summed E-state index contributed by atoms with van der Waals surface area (Å²) in [7, 11) is 0. The Hall–Kier alpha value is -0.730. The van der Waals surface area contributed by atoms with Gasteiger partial charge in [0.2, 0.25) is 0 Å². The van der Waals surface area contributed by atoms with Crippen LogP contribution in [-0.4, -0.2) is 12.6 Å². The number of rotatable bonds is 1. The van der Waals surface area contributed by atoms with Gasteiger partial charge >= 0.3 is 0 Å². The Kier molecular flexibility index (Phi) is 2.42. The normalized spacial score (nSPS) is 20.6. The molecule has 2 rings (SSSR count). The molecule has 0 radical (unpaired) electrons. The van der Waals surface area contributed by atoms with Gasteiger partial charge in [-0.05, 0) is 30.5 Å². The molecule has 1 aliphatic heterocycles. The van der Waals surface area contributed by atoms with E-state index in [9.17, 15) is 0 Å². The summed E-state index contributed by atoms with van der Waals surface area (Å²) in [6.45, 7) is 0.686. The van der Waals surface area contributed by atoms with Gasteiger partial charge in [-0.2, -0.15) is 0 Å². The maximum atomic E-state index is 5.90. The standard InChI is InChI=1S/C10H13ClN2/c11-8-3-1-7-2-4-9(6-12)13-10(7)5-8/h1,3,5,9,13H,2,4,6,12H2. The van der Waals surface area contributed by atoms with Gasteiger partial charge in [0.25, 0.3) is 0 Å². The zero-order chi connectivity index (χ0) is 9.26. The molecule has 1 unspecified atom stereocenters. The Morgan fingerprint density at radius 2 is 2.38 bits per heavy atom. The number of nitrogens with one attached hydrogen (secondary N) is 1. The van der Waals surface area contributed by atoms with Gasteiger partial charge in [0.05, 0.1) is 0 Å². The Morgan fingerprint density at radius 3 is 3.15 bits per heavy atom. The number of anilines is 1. The van der Waals surface area contributed by atoms with Gasteiger partial charge in [-0.1, -0.05) is 17.7 Å². The molecule has 2 nitrogen and oxygen atoms in total. The van der Waals surface area contributed by atoms with Gasteiger partial charge in [0.15, 0.2) is 0 Å². The van der Waals surface area contributed by atoms with Crippen LogP contribution in [0.1, 0.15) is 12.0 Å². The van der Waals surface area contributed by atoms with E-state index in [0.717, 1.165) is 23.6 Å². The van der Waals surface area contributed by atoms with E-state index in [-0.39, 0.29) is 0 Å². The molecule has 0 spiro atoms. The van der Waals surface area contributed by atoms with E-state index in [0.29, 0.717) is 12.6 Å². The van der Waals surface area contributed by atoms with Crippen LogP contribution >= 0.6 is 11.6 Å². The molecule has 0 aromatic heterocycles. The smallest absolute Gasteiger partial charge is 0.0426 e. The molecular formula is C10H13ClN2. The zero-order valence-corrected chi connectivity index (χ0v) is 8.14. The first-order valence-corrected chi connectivity index (χ1v) is 4.92. The molecule has 0 amide bonds. The van der Waals surface area contributed by atoms with Crippen LogP contribution in [0.3, 0.4) is 0 Å². The maximum absolute atomic E-state index is 5.90. The molecule has 0 aliphatic carbocycles. The van der Waals surface area contributed by atoms with Crippen molar-refractivity contribution in [1.82, 2.24) is 0 Å². The molecular weight excluding hydrogens is 184 g/mol. The van der Waals surface area contributed by atoms with Crippen molar-refractivity contribution >= 4 is 17.3 Å². The summed E-state index contributed by atoms with van der Waals surface area (Å²) in [4.78, 5) is 0. The van der Waals surface area contributed by atoms with Crippen LogP contribution in [-0.2, 0) is 6.42 Å². The molecule has 3 heteroatoms. The molecule has 1 aromatic rings. The topological polar surface area (TPSA) is 38.0 Å². The highest BCUT2D eigenvalue weighted by atomic mass is 35.5. The van der Waals surface area contributed by atoms with Crippen LogP contribution in [0.25, 0.3) is 0 Å². The van der Waals surface area contributed by atoms with E-state index in [2.05, 4.69) is 11.4 Å². The van der Waals surface area contributed by atoms with Crippen molar-refractivity contribution in [2.75, 3.05) is 11.9 Å². The lowest BCUT2D eigenvalue weighted by Crippen LogP contribution is -2.32. The van der Waals surface area contributed by atoms with Crippen LogP contribution in [0, 0.1) is 0 Å². The van der Waals surface area contributed by atoms with E-state index >= 15 is 0 Å². The van der Waals surface area contributed by atoms with E-state index in [4.69, 9.17) is 17.3 Å². The minimum atomic E-state index is 0.408. The zero-order valence-electron chi connectivity index (χ0n) is 7.39. The number of aryl methyl sites for hydroxylation is 1. The minimum Gasteiger partial charge on any atom is -0.381 e. The number of fused-ring (bicyclic) bond motifs is 1. The molecule has 0 saturated heterocycles. The van der Waals surface area contributed by atoms with Crippen LogP contribution in [0.4, 0.5) is 5.69 Å². The summed E-state index contributed by atoms with van der Waals surface area (Å²) < 4.78 is 0. The van der Waals surface area contributed by atoms with Gasteiger partial charge in [-0.3, -0.25) is 0 Å². The summed E-state index contributed by atoms with van der Waals surface area (Å²) in [5, 5.41) is 4.16. The first-order valence-electron chi connectivity index (χ1n) is 4.54. The molecule has 70 valence electrons. The Bertz CT molecular complexity index is 312. The second-order valence-electron chi connectivity index (χ2n) is 3.42. The van der Waals surface area contributed by atoms with Crippen LogP contribution < -0.4 is 11.1 Å². The lowest BCUT2D eigenvalue weighted by molar-refractivity contribution is 0.639. The van der Waals surface area contributed by atoms with E-state index in [1.807, 2.05) is 12.1 Å². The lowest BCUT2D eigenvalue weighted by Gasteiger charge is -2.25. The van der Waals surface area contributed by atoms with Crippen molar-refractivity contribution in [3.63, 3.8) is 0 Å². The van der Waals surface area contributed by atoms with E-state index in [1.54, 1.807) is 0 Å². The third kappa shape index (κ3) is 1.79. The van der Waals surface area contributed by atoms with Gasteiger partial charge in [0, 0.05) is 23.3 Å². The van der Waals surface area contributed by atoms with Crippen molar-refractivity contribution in [2.45, 2.75) is 18.9 Å². The highest BCUT2D eigenvalue weighted by Gasteiger charge is 2.15. The van der Waals surface area contributed by atoms with E-state index in [1.165, 1.54) is 5.56 Å². The number of halogens is 1. The van der Waals surface area contributed by atoms with Gasteiger partial charge < -0.3 is 11.1 Å². The molecule has 1 atom stereocenters. The van der Waals surface area contributed by atoms with Crippen molar-refractivity contribution in [2.24, 2.45) is 5.73 Å². The predicted octanol–water partition coefficient (Wildman–Crippen LogP) is 2.03. The van der Waals surface area contributed by atoms with Crippen molar-refractivity contribution in [1.29, 1.82) is 0 Å². The van der Waals surface area contributed by atoms with Crippen LogP contribution in [0.15, 0.2) is 18.2 Å². The number of benzene rings is 1. The fraction of sp³-hybridized carbons (Fsp3) is 0.400. The Labute approximate surface area is 83.1 Å². The van der Waals surface area contributed by atoms with Crippen molar-refractivity contribution < 1.29 is 0 Å². The molecule has 3 N–H and O–H groups in total. The number of hydrogen-bond acceptors (Lipinski definition) is 2. The molecule has 1 heterocycles. The molecule has 13 heavy (non-hydrogen) atoms. The van der Waals surface area contributed by atoms with Gasteiger partial charge in [0.1, 0.15) is 0 Å². The second kappa shape index (κ2) is 3.56. The van der Waals surface area contributed by atoms with Crippen molar-refractivity contribution in [3.05, 3.63) is 28.8 Å². The van der Waals surface area contributed by atoms with E-state index < -0.39 is 0 Å². The minimum absolute atomic E-state index is 0.408. The first-order chi connectivity index (χ1) is 6.29. The third-order valence-electron chi connectivity index (χ3n) is 2.48. The van der Waals surface area contributed by atoms with Gasteiger partial charge in [-0.25, -0.2) is 0 Å². The SMILES string of the molecule is NCC1CCc2ccc(Cl)cc2N1. The van der Waals surface area contributed by atoms with Crippen LogP contribution in [0.5, 0.6) is 0 Å². The predicted molar refractivity (Wildman–Crippen MR) is 56.2 cm³/mol. The number of nitrogens with two attached hydrogens (primary N) is 1. The summed E-state index contributed by atoms with van der Waals surface area (Å²) in [5.74, 6) is 0. The molecule has 1 aliphatic rings. The third-order valence-corrected chi connectivity index (χ3v) is 2.71. The summed E-state index contributed by atoms with van der Waals surface area (Å²) in [5.41, 5.74) is 8.09. The summed E-state index contributed by atoms with van der Waals surface area (Å²) in [6.07, 6.45) is 2.21. The molecule has 0 fully saturated rings. The number of hydrogen-bond donors (Lipinski definition) is 2. The Balaban J connectivity index is 2.27. The summed E-state index contributed by atoms with van der Waals surface area (Å²) in [6, 6.07) is 6.40. The highest BCUT2D eigenvalue weighted by molar-refractivity contribution is 6.30. The molecule has 1 aromatic carbocycles. The summed E-state index contributed by atoms with van der Waals surface area (Å²) >= 11 is 5.90. The molecule has 0 saturated carbocycles. The largest absolute Gasteiger partial charge is 0.381 e.